The van der Waals surface area contributed by atoms with E-state index in [4.69, 9.17) is 5.14 Å². The van der Waals surface area contributed by atoms with Crippen LogP contribution in [0.3, 0.4) is 0 Å². The van der Waals surface area contributed by atoms with Crippen molar-refractivity contribution in [2.24, 2.45) is 10.1 Å². The average Bonchev–Trinajstić information content (AvgIpc) is 3.16. The van der Waals surface area contributed by atoms with Gasteiger partial charge in [-0.05, 0) is 42.7 Å². The standard InChI is InChI=1S/C20H27N5O2S/c1-22-20(23-13-11-16-7-9-19(10-8-16)28(21,26)27)24-17-12-14-25(15-17)18-5-3-2-4-6-18/h2-10,17H,11-15H2,1H3,(H2,21,26,27)(H2,22,23,24). The van der Waals surface area contributed by atoms with Crippen LogP contribution in [0.25, 0.3) is 0 Å². The van der Waals surface area contributed by atoms with E-state index in [1.807, 2.05) is 6.07 Å². The molecule has 3 rings (SSSR count). The van der Waals surface area contributed by atoms with E-state index in [0.29, 0.717) is 12.6 Å². The maximum absolute atomic E-state index is 11.3. The third kappa shape index (κ3) is 5.46. The molecule has 2 aromatic rings. The van der Waals surface area contributed by atoms with E-state index < -0.39 is 10.0 Å². The first-order valence-electron chi connectivity index (χ1n) is 9.34. The quantitative estimate of drug-likeness (QED) is 0.501. The SMILES string of the molecule is CN=C(NCCc1ccc(S(N)(=O)=O)cc1)NC1CCN(c2ccccc2)C1. The fourth-order valence-corrected chi connectivity index (χ4v) is 3.83. The number of para-hydroxylation sites is 1. The Morgan fingerprint density at radius 3 is 2.54 bits per heavy atom. The molecular formula is C20H27N5O2S. The summed E-state index contributed by atoms with van der Waals surface area (Å²) in [7, 11) is -1.88. The van der Waals surface area contributed by atoms with Crippen molar-refractivity contribution < 1.29 is 8.42 Å². The summed E-state index contributed by atoms with van der Waals surface area (Å²) in [4.78, 5) is 6.81. The molecule has 8 heteroatoms. The summed E-state index contributed by atoms with van der Waals surface area (Å²) in [5.41, 5.74) is 2.28. The number of aliphatic imine (C=N–C) groups is 1. The number of anilines is 1. The van der Waals surface area contributed by atoms with Crippen molar-refractivity contribution in [1.29, 1.82) is 0 Å². The minimum absolute atomic E-state index is 0.130. The zero-order valence-corrected chi connectivity index (χ0v) is 16.8. The number of nitrogens with zero attached hydrogens (tertiary/aromatic N) is 2. The van der Waals surface area contributed by atoms with Crippen LogP contribution in [0.15, 0.2) is 64.5 Å². The molecule has 0 amide bonds. The van der Waals surface area contributed by atoms with E-state index in [-0.39, 0.29) is 4.90 Å². The molecule has 1 unspecified atom stereocenters. The van der Waals surface area contributed by atoms with Gasteiger partial charge in [0.05, 0.1) is 4.90 Å². The minimum Gasteiger partial charge on any atom is -0.369 e. The van der Waals surface area contributed by atoms with Gasteiger partial charge < -0.3 is 15.5 Å². The lowest BCUT2D eigenvalue weighted by Gasteiger charge is -2.20. The Morgan fingerprint density at radius 2 is 1.89 bits per heavy atom. The number of benzene rings is 2. The number of rotatable bonds is 6. The van der Waals surface area contributed by atoms with Crippen LogP contribution >= 0.6 is 0 Å². The highest BCUT2D eigenvalue weighted by molar-refractivity contribution is 7.89. The largest absolute Gasteiger partial charge is 0.369 e. The van der Waals surface area contributed by atoms with Crippen LogP contribution in [-0.4, -0.2) is 47.1 Å². The molecule has 1 fully saturated rings. The van der Waals surface area contributed by atoms with E-state index in [9.17, 15) is 8.42 Å². The van der Waals surface area contributed by atoms with Gasteiger partial charge in [0.15, 0.2) is 5.96 Å². The summed E-state index contributed by atoms with van der Waals surface area (Å²) in [5, 5.41) is 11.9. The number of hydrogen-bond acceptors (Lipinski definition) is 4. The number of guanidine groups is 1. The van der Waals surface area contributed by atoms with Crippen LogP contribution in [0.4, 0.5) is 5.69 Å². The van der Waals surface area contributed by atoms with Gasteiger partial charge in [0.25, 0.3) is 0 Å². The molecule has 150 valence electrons. The molecule has 0 aliphatic carbocycles. The Hall–Kier alpha value is -2.58. The molecule has 28 heavy (non-hydrogen) atoms. The third-order valence-electron chi connectivity index (χ3n) is 4.83. The van der Waals surface area contributed by atoms with Gasteiger partial charge in [0.1, 0.15) is 0 Å². The fourth-order valence-electron chi connectivity index (χ4n) is 3.31. The average molecular weight is 402 g/mol. The molecule has 0 aromatic heterocycles. The molecule has 1 atom stereocenters. The van der Waals surface area contributed by atoms with Crippen molar-refractivity contribution in [3.8, 4) is 0 Å². The molecule has 1 aliphatic rings. The Kier molecular flexibility index (Phi) is 6.53. The number of hydrogen-bond donors (Lipinski definition) is 3. The van der Waals surface area contributed by atoms with Crippen LogP contribution < -0.4 is 20.7 Å². The maximum atomic E-state index is 11.3. The molecule has 7 nitrogen and oxygen atoms in total. The molecule has 0 spiro atoms. The normalized spacial score (nSPS) is 17.6. The Balaban J connectivity index is 1.45. The number of nitrogens with one attached hydrogen (secondary N) is 2. The predicted octanol–water partition coefficient (Wildman–Crippen LogP) is 1.32. The molecule has 0 bridgehead atoms. The van der Waals surface area contributed by atoms with Crippen molar-refractivity contribution in [3.05, 3.63) is 60.2 Å². The second kappa shape index (κ2) is 9.07. The zero-order chi connectivity index (χ0) is 20.0. The Labute approximate surface area is 166 Å². The van der Waals surface area contributed by atoms with Gasteiger partial charge in [-0.2, -0.15) is 0 Å². The van der Waals surface area contributed by atoms with Crippen LogP contribution in [0.1, 0.15) is 12.0 Å². The van der Waals surface area contributed by atoms with Crippen LogP contribution in [0.2, 0.25) is 0 Å². The maximum Gasteiger partial charge on any atom is 0.238 e. The van der Waals surface area contributed by atoms with Gasteiger partial charge in [-0.1, -0.05) is 30.3 Å². The van der Waals surface area contributed by atoms with Crippen molar-refractivity contribution in [1.82, 2.24) is 10.6 Å². The summed E-state index contributed by atoms with van der Waals surface area (Å²) < 4.78 is 22.6. The van der Waals surface area contributed by atoms with E-state index >= 15 is 0 Å². The molecule has 1 aliphatic heterocycles. The number of primary sulfonamides is 1. The summed E-state index contributed by atoms with van der Waals surface area (Å²) in [6.45, 7) is 2.67. The topological polar surface area (TPSA) is 99.8 Å². The van der Waals surface area contributed by atoms with Crippen LogP contribution in [0.5, 0.6) is 0 Å². The van der Waals surface area contributed by atoms with Gasteiger partial charge >= 0.3 is 0 Å². The first-order chi connectivity index (χ1) is 13.5. The Morgan fingerprint density at radius 1 is 1.18 bits per heavy atom. The highest BCUT2D eigenvalue weighted by Crippen LogP contribution is 2.19. The monoisotopic (exact) mass is 401 g/mol. The van der Waals surface area contributed by atoms with Crippen molar-refractivity contribution in [3.63, 3.8) is 0 Å². The lowest BCUT2D eigenvalue weighted by Crippen LogP contribution is -2.45. The smallest absolute Gasteiger partial charge is 0.238 e. The molecule has 4 N–H and O–H groups in total. The second-order valence-corrected chi connectivity index (χ2v) is 8.41. The second-order valence-electron chi connectivity index (χ2n) is 6.85. The minimum atomic E-state index is -3.64. The summed E-state index contributed by atoms with van der Waals surface area (Å²) in [5.74, 6) is 0.779. The third-order valence-corrected chi connectivity index (χ3v) is 5.76. The predicted molar refractivity (Wildman–Crippen MR) is 113 cm³/mol. The van der Waals surface area contributed by atoms with Gasteiger partial charge in [-0.25, -0.2) is 13.6 Å². The van der Waals surface area contributed by atoms with Gasteiger partial charge in [0, 0.05) is 38.4 Å². The van der Waals surface area contributed by atoms with Gasteiger partial charge in [0.2, 0.25) is 10.0 Å². The summed E-state index contributed by atoms with van der Waals surface area (Å²) in [6.07, 6.45) is 1.82. The molecule has 0 radical (unpaired) electrons. The molecular weight excluding hydrogens is 374 g/mol. The molecule has 1 saturated heterocycles. The summed E-state index contributed by atoms with van der Waals surface area (Å²) >= 11 is 0. The fraction of sp³-hybridized carbons (Fsp3) is 0.350. The van der Waals surface area contributed by atoms with Crippen molar-refractivity contribution in [2.75, 3.05) is 31.6 Å². The highest BCUT2D eigenvalue weighted by atomic mass is 32.2. The summed E-state index contributed by atoms with van der Waals surface area (Å²) in [6, 6.07) is 17.4. The van der Waals surface area contributed by atoms with Gasteiger partial charge in [-0.3, -0.25) is 4.99 Å². The van der Waals surface area contributed by atoms with Crippen LogP contribution in [0, 0.1) is 0 Å². The molecule has 0 saturated carbocycles. The molecule has 1 heterocycles. The lowest BCUT2D eigenvalue weighted by atomic mass is 10.1. The van der Waals surface area contributed by atoms with E-state index in [1.165, 1.54) is 17.8 Å². The first kappa shape index (κ1) is 20.2. The van der Waals surface area contributed by atoms with E-state index in [0.717, 1.165) is 37.5 Å². The lowest BCUT2D eigenvalue weighted by molar-refractivity contribution is 0.598. The zero-order valence-electron chi connectivity index (χ0n) is 16.0. The Bertz CT molecular complexity index is 898. The van der Waals surface area contributed by atoms with Gasteiger partial charge in [-0.15, -0.1) is 0 Å². The molecule has 2 aromatic carbocycles. The highest BCUT2D eigenvalue weighted by Gasteiger charge is 2.23. The number of nitrogens with two attached hydrogens (primary N) is 1. The number of sulfonamides is 1. The first-order valence-corrected chi connectivity index (χ1v) is 10.9. The van der Waals surface area contributed by atoms with Crippen LogP contribution in [-0.2, 0) is 16.4 Å². The van der Waals surface area contributed by atoms with Crippen molar-refractivity contribution >= 4 is 21.7 Å². The van der Waals surface area contributed by atoms with E-state index in [2.05, 4.69) is 44.8 Å². The van der Waals surface area contributed by atoms with Crippen molar-refractivity contribution in [2.45, 2.75) is 23.8 Å². The van der Waals surface area contributed by atoms with E-state index in [1.54, 1.807) is 19.2 Å².